The van der Waals surface area contributed by atoms with Crippen LogP contribution in [0.25, 0.3) is 11.3 Å². The zero-order valence-electron chi connectivity index (χ0n) is 13.8. The van der Waals surface area contributed by atoms with E-state index in [0.717, 1.165) is 22.8 Å². The quantitative estimate of drug-likeness (QED) is 0.929. The molecule has 0 spiro atoms. The van der Waals surface area contributed by atoms with E-state index in [1.165, 1.54) is 0 Å². The van der Waals surface area contributed by atoms with Gasteiger partial charge in [0, 0.05) is 11.1 Å². The molecule has 0 radical (unpaired) electrons. The van der Waals surface area contributed by atoms with Crippen LogP contribution in [0.5, 0.6) is 5.75 Å². The smallest absolute Gasteiger partial charge is 0.132 e. The number of ether oxygens (including phenoxy) is 1. The van der Waals surface area contributed by atoms with Gasteiger partial charge in [-0.2, -0.15) is 0 Å². The lowest BCUT2D eigenvalue weighted by Crippen LogP contribution is -2.24. The number of imidazole rings is 1. The van der Waals surface area contributed by atoms with Crippen molar-refractivity contribution in [3.05, 3.63) is 30.1 Å². The van der Waals surface area contributed by atoms with Gasteiger partial charge in [0.25, 0.3) is 0 Å². The number of anilines is 1. The van der Waals surface area contributed by atoms with Crippen molar-refractivity contribution in [3.63, 3.8) is 0 Å². The summed E-state index contributed by atoms with van der Waals surface area (Å²) in [6.45, 7) is 12.4. The minimum Gasteiger partial charge on any atom is -0.491 e. The standard InChI is InChI=1S/C17H25N3O/c1-11(2)21-14-9-7-8-13(10-14)15-16(18)20(12(3)19-15)17(4,5)6/h7-11H,18H2,1-6H3. The van der Waals surface area contributed by atoms with E-state index in [1.807, 2.05) is 45.0 Å². The first kappa shape index (κ1) is 15.4. The van der Waals surface area contributed by atoms with Gasteiger partial charge in [-0.25, -0.2) is 4.98 Å². The Kier molecular flexibility index (Phi) is 3.99. The predicted octanol–water partition coefficient (Wildman–Crippen LogP) is 3.98. The molecule has 21 heavy (non-hydrogen) atoms. The summed E-state index contributed by atoms with van der Waals surface area (Å²) in [5.74, 6) is 2.46. The molecule has 4 nitrogen and oxygen atoms in total. The van der Waals surface area contributed by atoms with Crippen molar-refractivity contribution in [2.45, 2.75) is 53.2 Å². The van der Waals surface area contributed by atoms with Gasteiger partial charge in [0.2, 0.25) is 0 Å². The Morgan fingerprint density at radius 1 is 1.24 bits per heavy atom. The van der Waals surface area contributed by atoms with Gasteiger partial charge in [-0.3, -0.25) is 0 Å². The van der Waals surface area contributed by atoms with Crippen LogP contribution in [0.1, 0.15) is 40.4 Å². The SMILES string of the molecule is Cc1nc(-c2cccc(OC(C)C)c2)c(N)n1C(C)(C)C. The predicted molar refractivity (Wildman–Crippen MR) is 87.6 cm³/mol. The van der Waals surface area contributed by atoms with Crippen molar-refractivity contribution < 1.29 is 4.74 Å². The average molecular weight is 287 g/mol. The molecule has 0 bridgehead atoms. The Labute approximate surface area is 127 Å². The van der Waals surface area contributed by atoms with Crippen LogP contribution in [0.15, 0.2) is 24.3 Å². The highest BCUT2D eigenvalue weighted by atomic mass is 16.5. The monoisotopic (exact) mass is 287 g/mol. The van der Waals surface area contributed by atoms with E-state index >= 15 is 0 Å². The summed E-state index contributed by atoms with van der Waals surface area (Å²) in [6, 6.07) is 7.93. The fourth-order valence-electron chi connectivity index (χ4n) is 2.60. The molecule has 0 aliphatic rings. The van der Waals surface area contributed by atoms with Crippen molar-refractivity contribution in [2.75, 3.05) is 5.73 Å². The maximum atomic E-state index is 6.33. The zero-order chi connectivity index (χ0) is 15.8. The van der Waals surface area contributed by atoms with Crippen molar-refractivity contribution in [3.8, 4) is 17.0 Å². The first-order valence-electron chi connectivity index (χ1n) is 7.32. The molecule has 0 fully saturated rings. The van der Waals surface area contributed by atoms with Crippen molar-refractivity contribution in [2.24, 2.45) is 0 Å². The Morgan fingerprint density at radius 2 is 1.90 bits per heavy atom. The number of hydrogen-bond donors (Lipinski definition) is 1. The summed E-state index contributed by atoms with van der Waals surface area (Å²) < 4.78 is 7.81. The molecule has 1 aromatic carbocycles. The molecule has 0 aliphatic heterocycles. The van der Waals surface area contributed by atoms with E-state index in [1.54, 1.807) is 0 Å². The van der Waals surface area contributed by atoms with E-state index in [4.69, 9.17) is 10.5 Å². The van der Waals surface area contributed by atoms with Crippen molar-refractivity contribution in [1.82, 2.24) is 9.55 Å². The van der Waals surface area contributed by atoms with E-state index in [2.05, 4.69) is 30.3 Å². The number of hydrogen-bond acceptors (Lipinski definition) is 3. The molecule has 1 heterocycles. The Balaban J connectivity index is 2.48. The maximum Gasteiger partial charge on any atom is 0.132 e. The molecule has 0 saturated heterocycles. The van der Waals surface area contributed by atoms with Crippen LogP contribution in [-0.4, -0.2) is 15.7 Å². The molecule has 2 rings (SSSR count). The number of nitrogens with two attached hydrogens (primary N) is 1. The fourth-order valence-corrected chi connectivity index (χ4v) is 2.60. The number of aryl methyl sites for hydroxylation is 1. The molecule has 0 unspecified atom stereocenters. The third kappa shape index (κ3) is 3.20. The van der Waals surface area contributed by atoms with Crippen LogP contribution in [-0.2, 0) is 5.54 Å². The van der Waals surface area contributed by atoms with E-state index in [9.17, 15) is 0 Å². The summed E-state index contributed by atoms with van der Waals surface area (Å²) in [7, 11) is 0. The first-order valence-corrected chi connectivity index (χ1v) is 7.32. The number of nitrogens with zero attached hydrogens (tertiary/aromatic N) is 2. The van der Waals surface area contributed by atoms with E-state index in [-0.39, 0.29) is 11.6 Å². The van der Waals surface area contributed by atoms with Crippen LogP contribution in [0.4, 0.5) is 5.82 Å². The van der Waals surface area contributed by atoms with Crippen LogP contribution >= 0.6 is 0 Å². The highest BCUT2D eigenvalue weighted by molar-refractivity contribution is 5.72. The van der Waals surface area contributed by atoms with Crippen molar-refractivity contribution >= 4 is 5.82 Å². The van der Waals surface area contributed by atoms with Crippen LogP contribution in [0, 0.1) is 6.92 Å². The lowest BCUT2D eigenvalue weighted by molar-refractivity contribution is 0.242. The molecular formula is C17H25N3O. The molecule has 2 aromatic rings. The lowest BCUT2D eigenvalue weighted by atomic mass is 10.1. The Morgan fingerprint density at radius 3 is 2.43 bits per heavy atom. The van der Waals surface area contributed by atoms with Gasteiger partial charge in [0.05, 0.1) is 6.10 Å². The second-order valence-corrected chi connectivity index (χ2v) is 6.59. The first-order chi connectivity index (χ1) is 9.70. The minimum atomic E-state index is -0.0918. The second kappa shape index (κ2) is 5.43. The van der Waals surface area contributed by atoms with Crippen LogP contribution in [0.2, 0.25) is 0 Å². The topological polar surface area (TPSA) is 53.1 Å². The Hall–Kier alpha value is -1.97. The molecular weight excluding hydrogens is 262 g/mol. The number of nitrogen functional groups attached to an aromatic ring is 1. The molecule has 114 valence electrons. The molecule has 0 aliphatic carbocycles. The lowest BCUT2D eigenvalue weighted by Gasteiger charge is -2.24. The zero-order valence-corrected chi connectivity index (χ0v) is 13.8. The number of rotatable bonds is 3. The van der Waals surface area contributed by atoms with Crippen LogP contribution < -0.4 is 10.5 Å². The second-order valence-electron chi connectivity index (χ2n) is 6.59. The van der Waals surface area contributed by atoms with Gasteiger partial charge in [0.15, 0.2) is 0 Å². The summed E-state index contributed by atoms with van der Waals surface area (Å²) in [5.41, 5.74) is 8.04. The fraction of sp³-hybridized carbons (Fsp3) is 0.471. The van der Waals surface area contributed by atoms with Gasteiger partial charge in [-0.15, -0.1) is 0 Å². The Bertz CT molecular complexity index is 636. The largest absolute Gasteiger partial charge is 0.491 e. The summed E-state index contributed by atoms with van der Waals surface area (Å²) >= 11 is 0. The van der Waals surface area contributed by atoms with Gasteiger partial charge in [0.1, 0.15) is 23.1 Å². The van der Waals surface area contributed by atoms with Gasteiger partial charge >= 0.3 is 0 Å². The number of benzene rings is 1. The third-order valence-corrected chi connectivity index (χ3v) is 3.23. The summed E-state index contributed by atoms with van der Waals surface area (Å²) in [4.78, 5) is 4.65. The molecule has 1 aromatic heterocycles. The third-order valence-electron chi connectivity index (χ3n) is 3.23. The average Bonchev–Trinajstić information content (AvgIpc) is 2.63. The van der Waals surface area contributed by atoms with E-state index < -0.39 is 0 Å². The van der Waals surface area contributed by atoms with Gasteiger partial charge in [-0.05, 0) is 53.7 Å². The molecule has 0 amide bonds. The van der Waals surface area contributed by atoms with E-state index in [0.29, 0.717) is 5.82 Å². The minimum absolute atomic E-state index is 0.0918. The summed E-state index contributed by atoms with van der Waals surface area (Å²) in [6.07, 6.45) is 0.145. The molecule has 4 heteroatoms. The van der Waals surface area contributed by atoms with Gasteiger partial charge in [-0.1, -0.05) is 12.1 Å². The molecule has 0 saturated carbocycles. The highest BCUT2D eigenvalue weighted by Gasteiger charge is 2.22. The summed E-state index contributed by atoms with van der Waals surface area (Å²) in [5, 5.41) is 0. The highest BCUT2D eigenvalue weighted by Crippen LogP contribution is 2.32. The number of aromatic nitrogens is 2. The van der Waals surface area contributed by atoms with Gasteiger partial charge < -0.3 is 15.0 Å². The van der Waals surface area contributed by atoms with Crippen molar-refractivity contribution in [1.29, 1.82) is 0 Å². The maximum absolute atomic E-state index is 6.33. The van der Waals surface area contributed by atoms with Crippen LogP contribution in [0.3, 0.4) is 0 Å². The molecule has 0 atom stereocenters. The normalized spacial score (nSPS) is 12.0. The molecule has 2 N–H and O–H groups in total.